The van der Waals surface area contributed by atoms with Crippen molar-refractivity contribution >= 4 is 39.6 Å². The van der Waals surface area contributed by atoms with Gasteiger partial charge >= 0.3 is 11.9 Å². The number of aromatic amines is 2. The zero-order valence-corrected chi connectivity index (χ0v) is 16.4. The summed E-state index contributed by atoms with van der Waals surface area (Å²) >= 11 is 0. The highest BCUT2D eigenvalue weighted by atomic mass is 16.4. The van der Waals surface area contributed by atoms with Crippen molar-refractivity contribution in [2.75, 3.05) is 5.73 Å². The Labute approximate surface area is 172 Å². The highest BCUT2D eigenvalue weighted by molar-refractivity contribution is 5.93. The zero-order chi connectivity index (χ0) is 21.8. The smallest absolute Gasteiger partial charge is 0.320 e. The van der Waals surface area contributed by atoms with Gasteiger partial charge in [0, 0.05) is 40.0 Å². The fourth-order valence-electron chi connectivity index (χ4n) is 3.40. The van der Waals surface area contributed by atoms with E-state index in [4.69, 9.17) is 21.7 Å². The van der Waals surface area contributed by atoms with E-state index in [-0.39, 0.29) is 0 Å². The minimum Gasteiger partial charge on any atom is -0.481 e. The van der Waals surface area contributed by atoms with Crippen molar-refractivity contribution in [3.05, 3.63) is 65.9 Å². The topological polar surface area (TPSA) is 158 Å². The summed E-state index contributed by atoms with van der Waals surface area (Å²) in [4.78, 5) is 27.6. The average molecular weight is 408 g/mol. The molecule has 8 N–H and O–H groups in total. The van der Waals surface area contributed by atoms with Crippen LogP contribution >= 0.6 is 0 Å². The van der Waals surface area contributed by atoms with Gasteiger partial charge in [-0.1, -0.05) is 36.4 Å². The number of anilines is 1. The minimum atomic E-state index is -0.972. The number of nitrogens with two attached hydrogens (primary N) is 2. The van der Waals surface area contributed by atoms with E-state index < -0.39 is 23.9 Å². The molecule has 156 valence electrons. The van der Waals surface area contributed by atoms with Crippen LogP contribution in [0.15, 0.2) is 54.7 Å². The fraction of sp³-hybridized carbons (Fsp3) is 0.182. The maximum absolute atomic E-state index is 10.9. The fourth-order valence-corrected chi connectivity index (χ4v) is 3.40. The maximum atomic E-state index is 10.9. The van der Waals surface area contributed by atoms with Gasteiger partial charge in [-0.05, 0) is 24.6 Å². The van der Waals surface area contributed by atoms with E-state index in [1.165, 1.54) is 0 Å². The second kappa shape index (κ2) is 8.71. The van der Waals surface area contributed by atoms with Gasteiger partial charge in [-0.25, -0.2) is 0 Å². The second-order valence-corrected chi connectivity index (χ2v) is 7.07. The van der Waals surface area contributed by atoms with Crippen LogP contribution in [0.3, 0.4) is 0 Å². The average Bonchev–Trinajstić information content (AvgIpc) is 3.28. The molecule has 2 aromatic carbocycles. The number of aromatic nitrogens is 2. The van der Waals surface area contributed by atoms with E-state index in [0.29, 0.717) is 17.8 Å². The molecule has 0 saturated carbocycles. The Bertz CT molecular complexity index is 1190. The van der Waals surface area contributed by atoms with Gasteiger partial charge in [0.05, 0.1) is 5.92 Å². The molecular formula is C22H24N4O4. The molecule has 2 unspecified atom stereocenters. The van der Waals surface area contributed by atoms with Crippen LogP contribution in [0.5, 0.6) is 0 Å². The van der Waals surface area contributed by atoms with Crippen molar-refractivity contribution < 1.29 is 19.8 Å². The van der Waals surface area contributed by atoms with Crippen molar-refractivity contribution in [2.45, 2.75) is 25.3 Å². The van der Waals surface area contributed by atoms with E-state index >= 15 is 0 Å². The zero-order valence-electron chi connectivity index (χ0n) is 16.4. The van der Waals surface area contributed by atoms with Crippen LogP contribution < -0.4 is 11.5 Å². The number of carboxylic acid groups (broad SMARTS) is 2. The number of nitrogen functional groups attached to an aromatic ring is 1. The molecule has 0 aliphatic heterocycles. The van der Waals surface area contributed by atoms with Gasteiger partial charge in [0.25, 0.3) is 0 Å². The lowest BCUT2D eigenvalue weighted by Gasteiger charge is -2.05. The molecule has 2 heterocycles. The molecular weight excluding hydrogens is 384 g/mol. The van der Waals surface area contributed by atoms with Crippen molar-refractivity contribution in [1.82, 2.24) is 9.97 Å². The number of hydrogen-bond donors (Lipinski definition) is 6. The molecule has 0 fully saturated rings. The number of carbonyl (C=O) groups is 2. The highest BCUT2D eigenvalue weighted by Gasteiger charge is 2.21. The van der Waals surface area contributed by atoms with Crippen molar-refractivity contribution in [1.29, 1.82) is 0 Å². The maximum Gasteiger partial charge on any atom is 0.320 e. The van der Waals surface area contributed by atoms with Gasteiger partial charge < -0.3 is 31.6 Å². The molecule has 0 spiro atoms. The molecule has 0 aliphatic rings. The Balaban J connectivity index is 0.000000171. The summed E-state index contributed by atoms with van der Waals surface area (Å²) in [5, 5.41) is 19.6. The molecule has 4 rings (SSSR count). The Kier molecular flexibility index (Phi) is 6.08. The Hall–Kier alpha value is -3.78. The molecule has 8 heteroatoms. The second-order valence-electron chi connectivity index (χ2n) is 7.07. The lowest BCUT2D eigenvalue weighted by atomic mass is 10.00. The largest absolute Gasteiger partial charge is 0.481 e. The number of fused-ring (bicyclic) bond motifs is 2. The monoisotopic (exact) mass is 408 g/mol. The van der Waals surface area contributed by atoms with Crippen LogP contribution in [-0.4, -0.2) is 38.2 Å². The number of carboxylic acids is 2. The predicted molar refractivity (Wildman–Crippen MR) is 116 cm³/mol. The third-order valence-electron chi connectivity index (χ3n) is 5.01. The number of hydrogen-bond acceptors (Lipinski definition) is 4. The number of rotatable bonds is 5. The molecule has 4 aromatic rings. The highest BCUT2D eigenvalue weighted by Crippen LogP contribution is 2.30. The van der Waals surface area contributed by atoms with E-state index in [1.807, 2.05) is 54.7 Å². The minimum absolute atomic E-state index is 0.347. The first kappa shape index (κ1) is 20.9. The summed E-state index contributed by atoms with van der Waals surface area (Å²) in [6.45, 7) is 1.63. The van der Waals surface area contributed by atoms with Crippen LogP contribution in [0, 0.1) is 0 Å². The Morgan fingerprint density at radius 3 is 2.20 bits per heavy atom. The molecule has 2 aromatic heterocycles. The predicted octanol–water partition coefficient (Wildman–Crippen LogP) is 3.06. The van der Waals surface area contributed by atoms with E-state index in [2.05, 4.69) is 9.97 Å². The summed E-state index contributed by atoms with van der Waals surface area (Å²) in [5.41, 5.74) is 14.7. The van der Waals surface area contributed by atoms with Gasteiger partial charge in [0.2, 0.25) is 0 Å². The van der Waals surface area contributed by atoms with Gasteiger partial charge in [-0.15, -0.1) is 0 Å². The van der Waals surface area contributed by atoms with Crippen LogP contribution in [-0.2, 0) is 16.0 Å². The number of aliphatic carboxylic acids is 2. The summed E-state index contributed by atoms with van der Waals surface area (Å²) in [6, 6.07) is 14.4. The van der Waals surface area contributed by atoms with E-state index in [0.717, 1.165) is 27.4 Å². The molecule has 0 saturated heterocycles. The number of nitrogens with one attached hydrogen (secondary N) is 2. The molecule has 30 heavy (non-hydrogen) atoms. The molecule has 0 bridgehead atoms. The lowest BCUT2D eigenvalue weighted by Crippen LogP contribution is -2.32. The molecule has 0 amide bonds. The molecule has 8 nitrogen and oxygen atoms in total. The van der Waals surface area contributed by atoms with Crippen LogP contribution in [0.25, 0.3) is 21.8 Å². The Morgan fingerprint density at radius 2 is 1.57 bits per heavy atom. The van der Waals surface area contributed by atoms with Crippen molar-refractivity contribution in [3.8, 4) is 0 Å². The summed E-state index contributed by atoms with van der Waals surface area (Å²) in [5.74, 6) is -2.00. The Morgan fingerprint density at radius 1 is 0.967 bits per heavy atom. The number of benzene rings is 2. The summed E-state index contributed by atoms with van der Waals surface area (Å²) in [6.07, 6.45) is 2.16. The normalized spacial score (nSPS) is 12.9. The van der Waals surface area contributed by atoms with Crippen molar-refractivity contribution in [2.24, 2.45) is 5.73 Å². The van der Waals surface area contributed by atoms with Crippen LogP contribution in [0.4, 0.5) is 5.82 Å². The van der Waals surface area contributed by atoms with Gasteiger partial charge in [-0.2, -0.15) is 0 Å². The first-order valence-electron chi connectivity index (χ1n) is 9.41. The lowest BCUT2D eigenvalue weighted by molar-refractivity contribution is -0.139. The first-order chi connectivity index (χ1) is 14.3. The standard InChI is InChI=1S/2C11H12N2O2/c1-6(11(14)15)9-7-4-2-3-5-8(7)13-10(9)12;12-9(11(14)15)5-7-6-13-10-4-2-1-3-8(7)10/h2-6,13H,12H2,1H3,(H,14,15);1-4,6,9,13H,5,12H2,(H,14,15). The third kappa shape index (κ3) is 4.28. The van der Waals surface area contributed by atoms with Crippen LogP contribution in [0.2, 0.25) is 0 Å². The first-order valence-corrected chi connectivity index (χ1v) is 9.41. The van der Waals surface area contributed by atoms with Crippen molar-refractivity contribution in [3.63, 3.8) is 0 Å². The molecule has 0 radical (unpaired) electrons. The van der Waals surface area contributed by atoms with Crippen LogP contribution in [0.1, 0.15) is 24.0 Å². The SMILES string of the molecule is CC(C(=O)O)c1c(N)[nH]c2ccccc12.NC(Cc1c[nH]c2ccccc12)C(=O)O. The van der Waals surface area contributed by atoms with Gasteiger partial charge in [0.15, 0.2) is 0 Å². The number of H-pyrrole nitrogens is 2. The molecule has 0 aliphatic carbocycles. The van der Waals surface area contributed by atoms with E-state index in [9.17, 15) is 9.59 Å². The quantitative estimate of drug-likeness (QED) is 0.298. The van der Waals surface area contributed by atoms with E-state index in [1.54, 1.807) is 6.92 Å². The summed E-state index contributed by atoms with van der Waals surface area (Å²) in [7, 11) is 0. The van der Waals surface area contributed by atoms with Gasteiger partial charge in [-0.3, -0.25) is 9.59 Å². The number of para-hydroxylation sites is 2. The third-order valence-corrected chi connectivity index (χ3v) is 5.01. The van der Waals surface area contributed by atoms with Gasteiger partial charge in [0.1, 0.15) is 11.9 Å². The summed E-state index contributed by atoms with van der Waals surface area (Å²) < 4.78 is 0. The molecule has 2 atom stereocenters.